The predicted octanol–water partition coefficient (Wildman–Crippen LogP) is 1.09. The van der Waals surface area contributed by atoms with E-state index in [-0.39, 0.29) is 17.7 Å². The highest BCUT2D eigenvalue weighted by molar-refractivity contribution is 5.47. The Kier molecular flexibility index (Phi) is 4.39. The van der Waals surface area contributed by atoms with Crippen LogP contribution in [0.4, 0.5) is 20.4 Å². The molecule has 1 unspecified atom stereocenters. The van der Waals surface area contributed by atoms with Crippen LogP contribution in [0.1, 0.15) is 6.92 Å². The SMILES string of the molecule is COCC(C)Nc1nc(NN)c(F)cc1F. The number of ether oxygens (including phenoxy) is 1. The maximum Gasteiger partial charge on any atom is 0.178 e. The first-order valence-electron chi connectivity index (χ1n) is 4.66. The number of anilines is 2. The number of halogens is 2. The summed E-state index contributed by atoms with van der Waals surface area (Å²) in [5.74, 6) is 3.13. The van der Waals surface area contributed by atoms with Crippen molar-refractivity contribution in [3.8, 4) is 0 Å². The summed E-state index contributed by atoms with van der Waals surface area (Å²) in [6.07, 6.45) is 0. The van der Waals surface area contributed by atoms with Crippen LogP contribution in [0.5, 0.6) is 0 Å². The quantitative estimate of drug-likeness (QED) is 0.523. The van der Waals surface area contributed by atoms with E-state index >= 15 is 0 Å². The molecule has 0 saturated carbocycles. The fourth-order valence-corrected chi connectivity index (χ4v) is 1.19. The van der Waals surface area contributed by atoms with Gasteiger partial charge < -0.3 is 15.5 Å². The molecular formula is C9H14F2N4O. The summed E-state index contributed by atoms with van der Waals surface area (Å²) >= 11 is 0. The number of hydrogen-bond donors (Lipinski definition) is 3. The van der Waals surface area contributed by atoms with E-state index in [0.29, 0.717) is 12.7 Å². The van der Waals surface area contributed by atoms with Crippen molar-refractivity contribution < 1.29 is 13.5 Å². The predicted molar refractivity (Wildman–Crippen MR) is 56.9 cm³/mol. The second kappa shape index (κ2) is 5.57. The Labute approximate surface area is 92.0 Å². The van der Waals surface area contributed by atoms with Crippen molar-refractivity contribution in [2.75, 3.05) is 24.5 Å². The molecule has 16 heavy (non-hydrogen) atoms. The largest absolute Gasteiger partial charge is 0.383 e. The third-order valence-corrected chi connectivity index (χ3v) is 1.87. The Bertz CT molecular complexity index is 362. The minimum absolute atomic E-state index is 0.0705. The van der Waals surface area contributed by atoms with Gasteiger partial charge in [-0.15, -0.1) is 0 Å². The van der Waals surface area contributed by atoms with Crippen LogP contribution in [0.3, 0.4) is 0 Å². The topological polar surface area (TPSA) is 72.2 Å². The molecule has 0 aliphatic rings. The summed E-state index contributed by atoms with van der Waals surface area (Å²) in [6.45, 7) is 2.16. The molecular weight excluding hydrogens is 218 g/mol. The Morgan fingerprint density at radius 2 is 2.06 bits per heavy atom. The summed E-state index contributed by atoms with van der Waals surface area (Å²) in [7, 11) is 1.53. The molecule has 0 spiro atoms. The Morgan fingerprint density at radius 1 is 1.44 bits per heavy atom. The minimum atomic E-state index is -0.843. The molecule has 0 aromatic carbocycles. The van der Waals surface area contributed by atoms with E-state index in [4.69, 9.17) is 10.6 Å². The maximum absolute atomic E-state index is 13.3. The molecule has 0 aliphatic heterocycles. The third-order valence-electron chi connectivity index (χ3n) is 1.87. The highest BCUT2D eigenvalue weighted by Crippen LogP contribution is 2.18. The van der Waals surface area contributed by atoms with Gasteiger partial charge in [0.25, 0.3) is 0 Å². The van der Waals surface area contributed by atoms with Crippen LogP contribution in [-0.4, -0.2) is 24.7 Å². The lowest BCUT2D eigenvalue weighted by atomic mass is 10.3. The number of methoxy groups -OCH3 is 1. The molecule has 1 aromatic heterocycles. The summed E-state index contributed by atoms with van der Waals surface area (Å²) in [6, 6.07) is 0.562. The van der Waals surface area contributed by atoms with E-state index < -0.39 is 11.6 Å². The molecule has 90 valence electrons. The molecule has 5 nitrogen and oxygen atoms in total. The van der Waals surface area contributed by atoms with Crippen molar-refractivity contribution >= 4 is 11.6 Å². The van der Waals surface area contributed by atoms with Gasteiger partial charge in [0.05, 0.1) is 6.61 Å². The molecule has 7 heteroatoms. The molecule has 0 bridgehead atoms. The van der Waals surface area contributed by atoms with Crippen molar-refractivity contribution in [1.82, 2.24) is 4.98 Å². The van der Waals surface area contributed by atoms with Gasteiger partial charge in [-0.2, -0.15) is 0 Å². The van der Waals surface area contributed by atoms with Crippen LogP contribution in [0.2, 0.25) is 0 Å². The number of hydrazine groups is 1. The lowest BCUT2D eigenvalue weighted by Crippen LogP contribution is -2.23. The number of nitrogens with two attached hydrogens (primary N) is 1. The van der Waals surface area contributed by atoms with Crippen LogP contribution in [0, 0.1) is 11.6 Å². The van der Waals surface area contributed by atoms with Gasteiger partial charge in [-0.1, -0.05) is 0 Å². The second-order valence-corrected chi connectivity index (χ2v) is 3.29. The Morgan fingerprint density at radius 3 is 2.62 bits per heavy atom. The van der Waals surface area contributed by atoms with Gasteiger partial charge in [0, 0.05) is 19.2 Å². The monoisotopic (exact) mass is 232 g/mol. The first-order valence-corrected chi connectivity index (χ1v) is 4.66. The molecule has 1 atom stereocenters. The van der Waals surface area contributed by atoms with E-state index in [1.807, 2.05) is 5.43 Å². The number of rotatable bonds is 5. The normalized spacial score (nSPS) is 12.3. The van der Waals surface area contributed by atoms with Crippen LogP contribution >= 0.6 is 0 Å². The van der Waals surface area contributed by atoms with E-state index in [0.717, 1.165) is 0 Å². The van der Waals surface area contributed by atoms with Crippen LogP contribution < -0.4 is 16.6 Å². The molecule has 0 radical (unpaired) electrons. The van der Waals surface area contributed by atoms with Crippen molar-refractivity contribution in [1.29, 1.82) is 0 Å². The van der Waals surface area contributed by atoms with E-state index in [2.05, 4.69) is 10.3 Å². The molecule has 1 rings (SSSR count). The number of pyridine rings is 1. The lowest BCUT2D eigenvalue weighted by Gasteiger charge is -2.14. The molecule has 0 amide bonds. The lowest BCUT2D eigenvalue weighted by molar-refractivity contribution is 0.190. The number of nitrogens with zero attached hydrogens (tertiary/aromatic N) is 1. The fraction of sp³-hybridized carbons (Fsp3) is 0.444. The summed E-state index contributed by atoms with van der Waals surface area (Å²) < 4.78 is 31.2. The van der Waals surface area contributed by atoms with Gasteiger partial charge in [-0.05, 0) is 6.92 Å². The summed E-state index contributed by atoms with van der Waals surface area (Å²) in [4.78, 5) is 3.66. The molecule has 0 aliphatic carbocycles. The van der Waals surface area contributed by atoms with Crippen LogP contribution in [-0.2, 0) is 4.74 Å². The van der Waals surface area contributed by atoms with Gasteiger partial charge in [0.1, 0.15) is 0 Å². The number of hydrogen-bond acceptors (Lipinski definition) is 5. The summed E-state index contributed by atoms with van der Waals surface area (Å²) in [5.41, 5.74) is 2.04. The number of nitrogen functional groups attached to an aromatic ring is 1. The van der Waals surface area contributed by atoms with Crippen molar-refractivity contribution in [3.05, 3.63) is 17.7 Å². The fourth-order valence-electron chi connectivity index (χ4n) is 1.19. The average Bonchev–Trinajstić information content (AvgIpc) is 2.22. The van der Waals surface area contributed by atoms with Gasteiger partial charge >= 0.3 is 0 Å². The van der Waals surface area contributed by atoms with Gasteiger partial charge in [-0.3, -0.25) is 0 Å². The van der Waals surface area contributed by atoms with Crippen LogP contribution in [0.25, 0.3) is 0 Å². The highest BCUT2D eigenvalue weighted by Gasteiger charge is 2.12. The van der Waals surface area contributed by atoms with Gasteiger partial charge in [0.2, 0.25) is 0 Å². The average molecular weight is 232 g/mol. The number of aromatic nitrogens is 1. The first kappa shape index (κ1) is 12.6. The minimum Gasteiger partial charge on any atom is -0.383 e. The highest BCUT2D eigenvalue weighted by atomic mass is 19.1. The second-order valence-electron chi connectivity index (χ2n) is 3.29. The standard InChI is InChI=1S/C9H14F2N4O/c1-5(4-16-2)13-8-6(10)3-7(11)9(14-8)15-12/h3,5H,4,12H2,1-2H3,(H2,13,14,15). The smallest absolute Gasteiger partial charge is 0.178 e. The third kappa shape index (κ3) is 3.01. The molecule has 0 fully saturated rings. The van der Waals surface area contributed by atoms with Crippen LogP contribution in [0.15, 0.2) is 6.07 Å². The van der Waals surface area contributed by atoms with E-state index in [1.165, 1.54) is 7.11 Å². The number of nitrogens with one attached hydrogen (secondary N) is 2. The molecule has 0 saturated heterocycles. The van der Waals surface area contributed by atoms with E-state index in [9.17, 15) is 8.78 Å². The zero-order valence-electron chi connectivity index (χ0n) is 9.05. The van der Waals surface area contributed by atoms with Crippen molar-refractivity contribution in [3.63, 3.8) is 0 Å². The zero-order valence-corrected chi connectivity index (χ0v) is 9.05. The zero-order chi connectivity index (χ0) is 12.1. The van der Waals surface area contributed by atoms with Crippen molar-refractivity contribution in [2.45, 2.75) is 13.0 Å². The Hall–Kier alpha value is -1.47. The van der Waals surface area contributed by atoms with Gasteiger partial charge in [-0.25, -0.2) is 19.6 Å². The van der Waals surface area contributed by atoms with Gasteiger partial charge in [0.15, 0.2) is 23.3 Å². The molecule has 1 aromatic rings. The molecule has 1 heterocycles. The van der Waals surface area contributed by atoms with Crippen molar-refractivity contribution in [2.24, 2.45) is 5.84 Å². The van der Waals surface area contributed by atoms with E-state index in [1.54, 1.807) is 6.92 Å². The molecule has 4 N–H and O–H groups in total. The maximum atomic E-state index is 13.3. The first-order chi connectivity index (χ1) is 7.58. The summed E-state index contributed by atoms with van der Waals surface area (Å²) in [5, 5.41) is 2.74. The Balaban J connectivity index is 2.87.